The van der Waals surface area contributed by atoms with E-state index < -0.39 is 11.7 Å². The van der Waals surface area contributed by atoms with Gasteiger partial charge in [-0.15, -0.1) is 0 Å². The molecule has 11 heteroatoms. The molecule has 1 N–H and O–H groups in total. The number of aromatic nitrogens is 2. The maximum atomic E-state index is 12.9. The van der Waals surface area contributed by atoms with Gasteiger partial charge in [-0.2, -0.15) is 13.2 Å². The Morgan fingerprint density at radius 3 is 2.41 bits per heavy atom. The number of carbonyl (C=O) groups excluding carboxylic acids is 2. The zero-order valence-electron chi connectivity index (χ0n) is 18.7. The van der Waals surface area contributed by atoms with Gasteiger partial charge in [0.05, 0.1) is 18.3 Å². The van der Waals surface area contributed by atoms with Crippen LogP contribution in [0.1, 0.15) is 18.4 Å². The number of nitrogens with zero attached hydrogens (tertiary/aromatic N) is 5. The number of anilines is 2. The molecule has 2 aliphatic heterocycles. The zero-order valence-corrected chi connectivity index (χ0v) is 18.7. The number of rotatable bonds is 5. The Hall–Kier alpha value is -3.21. The number of benzene rings is 1. The Morgan fingerprint density at radius 1 is 1.03 bits per heavy atom. The number of likely N-dealkylation sites (tertiary alicyclic amines) is 1. The number of piperidine rings is 1. The fraction of sp³-hybridized carbons (Fsp3) is 0.478. The van der Waals surface area contributed by atoms with Crippen molar-refractivity contribution >= 4 is 23.3 Å². The van der Waals surface area contributed by atoms with E-state index in [4.69, 9.17) is 0 Å². The van der Waals surface area contributed by atoms with Crippen molar-refractivity contribution in [3.63, 3.8) is 0 Å². The van der Waals surface area contributed by atoms with E-state index in [1.807, 2.05) is 0 Å². The van der Waals surface area contributed by atoms with E-state index in [-0.39, 0.29) is 23.4 Å². The molecule has 34 heavy (non-hydrogen) atoms. The van der Waals surface area contributed by atoms with Crippen LogP contribution in [0.5, 0.6) is 0 Å². The third-order valence-corrected chi connectivity index (χ3v) is 6.28. The average Bonchev–Trinajstić information content (AvgIpc) is 2.85. The highest BCUT2D eigenvalue weighted by Crippen LogP contribution is 2.31. The second-order valence-corrected chi connectivity index (χ2v) is 8.55. The Balaban J connectivity index is 1.21. The van der Waals surface area contributed by atoms with Crippen LogP contribution in [-0.4, -0.2) is 77.4 Å². The van der Waals surface area contributed by atoms with Gasteiger partial charge in [0.25, 0.3) is 0 Å². The summed E-state index contributed by atoms with van der Waals surface area (Å²) in [6.07, 6.45) is 1.53. The van der Waals surface area contributed by atoms with Crippen molar-refractivity contribution in [2.24, 2.45) is 5.92 Å². The van der Waals surface area contributed by atoms with Gasteiger partial charge in [-0.1, -0.05) is 6.07 Å². The van der Waals surface area contributed by atoms with Gasteiger partial charge in [0.1, 0.15) is 5.82 Å². The molecule has 2 fully saturated rings. The number of amides is 2. The number of halogens is 3. The summed E-state index contributed by atoms with van der Waals surface area (Å²) >= 11 is 0. The van der Waals surface area contributed by atoms with Gasteiger partial charge >= 0.3 is 6.18 Å². The van der Waals surface area contributed by atoms with Crippen LogP contribution < -0.4 is 10.2 Å². The van der Waals surface area contributed by atoms with E-state index >= 15 is 0 Å². The van der Waals surface area contributed by atoms with Gasteiger partial charge in [0.15, 0.2) is 0 Å². The largest absolute Gasteiger partial charge is 0.416 e. The van der Waals surface area contributed by atoms with Gasteiger partial charge in [-0.3, -0.25) is 19.5 Å². The van der Waals surface area contributed by atoms with E-state index in [1.54, 1.807) is 23.5 Å². The van der Waals surface area contributed by atoms with Crippen LogP contribution in [0, 0.1) is 5.92 Å². The van der Waals surface area contributed by atoms with Crippen LogP contribution in [0.25, 0.3) is 0 Å². The SMILES string of the molecule is O=C(Nc1cccc(C(F)(F)F)c1)C1CCN(C(=O)CN2CCN(c3cnccn3)CC2)CC1. The van der Waals surface area contributed by atoms with Gasteiger partial charge in [-0.05, 0) is 31.0 Å². The van der Waals surface area contributed by atoms with E-state index in [2.05, 4.69) is 25.1 Å². The standard InChI is InChI=1S/C23H27F3N6O2/c24-23(25,26)18-2-1-3-19(14-18)29-22(34)17-4-8-32(9-5-17)21(33)16-30-10-12-31(13-11-30)20-15-27-6-7-28-20/h1-3,6-7,14-15,17H,4-5,8-13,16H2,(H,29,34). The third-order valence-electron chi connectivity index (χ3n) is 6.28. The second-order valence-electron chi connectivity index (χ2n) is 8.55. The minimum atomic E-state index is -4.46. The zero-order chi connectivity index (χ0) is 24.1. The lowest BCUT2D eigenvalue weighted by atomic mass is 9.95. The summed E-state index contributed by atoms with van der Waals surface area (Å²) in [5.74, 6) is 0.212. The molecule has 0 aliphatic carbocycles. The lowest BCUT2D eigenvalue weighted by molar-refractivity contribution is -0.137. The molecular weight excluding hydrogens is 449 g/mol. The number of carbonyl (C=O) groups is 2. The molecule has 1 aromatic carbocycles. The topological polar surface area (TPSA) is 81.7 Å². The quantitative estimate of drug-likeness (QED) is 0.714. The van der Waals surface area contributed by atoms with Crippen molar-refractivity contribution in [3.8, 4) is 0 Å². The van der Waals surface area contributed by atoms with E-state index in [1.165, 1.54) is 12.1 Å². The molecule has 8 nitrogen and oxygen atoms in total. The first-order valence-electron chi connectivity index (χ1n) is 11.3. The summed E-state index contributed by atoms with van der Waals surface area (Å²) in [7, 11) is 0. The molecule has 0 bridgehead atoms. The monoisotopic (exact) mass is 476 g/mol. The van der Waals surface area contributed by atoms with Crippen molar-refractivity contribution < 1.29 is 22.8 Å². The van der Waals surface area contributed by atoms with Gasteiger partial charge in [0, 0.05) is 63.3 Å². The molecule has 4 rings (SSSR count). The van der Waals surface area contributed by atoms with Crippen molar-refractivity contribution in [1.82, 2.24) is 19.8 Å². The highest BCUT2D eigenvalue weighted by molar-refractivity contribution is 5.92. The summed E-state index contributed by atoms with van der Waals surface area (Å²) in [5, 5.41) is 2.59. The van der Waals surface area contributed by atoms with E-state index in [0.717, 1.165) is 44.1 Å². The first-order valence-corrected chi connectivity index (χ1v) is 11.3. The summed E-state index contributed by atoms with van der Waals surface area (Å²) in [4.78, 5) is 39.7. The van der Waals surface area contributed by atoms with Crippen molar-refractivity contribution in [2.75, 3.05) is 56.0 Å². The lowest BCUT2D eigenvalue weighted by Crippen LogP contribution is -2.51. The fourth-order valence-corrected chi connectivity index (χ4v) is 4.29. The number of alkyl halides is 3. The molecule has 1 aromatic heterocycles. The van der Waals surface area contributed by atoms with Crippen molar-refractivity contribution in [2.45, 2.75) is 19.0 Å². The average molecular weight is 477 g/mol. The molecular formula is C23H27F3N6O2. The maximum absolute atomic E-state index is 12.9. The summed E-state index contributed by atoms with van der Waals surface area (Å²) in [6.45, 7) is 4.28. The Bertz CT molecular complexity index is 988. The van der Waals surface area contributed by atoms with Crippen LogP contribution in [0.15, 0.2) is 42.9 Å². The Kier molecular flexibility index (Phi) is 7.30. The van der Waals surface area contributed by atoms with Crippen molar-refractivity contribution in [3.05, 3.63) is 48.4 Å². The fourth-order valence-electron chi connectivity index (χ4n) is 4.29. The maximum Gasteiger partial charge on any atom is 0.416 e. The van der Waals surface area contributed by atoms with Crippen LogP contribution in [0.4, 0.5) is 24.7 Å². The summed E-state index contributed by atoms with van der Waals surface area (Å²) < 4.78 is 38.6. The number of hydrogen-bond donors (Lipinski definition) is 1. The summed E-state index contributed by atoms with van der Waals surface area (Å²) in [5.41, 5.74) is -0.679. The molecule has 3 heterocycles. The Morgan fingerprint density at radius 2 is 1.76 bits per heavy atom. The number of nitrogens with one attached hydrogen (secondary N) is 1. The second kappa shape index (κ2) is 10.4. The first-order chi connectivity index (χ1) is 16.3. The van der Waals surface area contributed by atoms with Gasteiger partial charge in [0.2, 0.25) is 11.8 Å². The molecule has 182 valence electrons. The number of piperazine rings is 1. The molecule has 0 radical (unpaired) electrons. The molecule has 0 unspecified atom stereocenters. The predicted molar refractivity (Wildman–Crippen MR) is 120 cm³/mol. The molecule has 2 amide bonds. The third kappa shape index (κ3) is 6.02. The smallest absolute Gasteiger partial charge is 0.353 e. The molecule has 2 aliphatic rings. The lowest BCUT2D eigenvalue weighted by Gasteiger charge is -2.37. The van der Waals surface area contributed by atoms with Gasteiger partial charge in [-0.25, -0.2) is 4.98 Å². The predicted octanol–water partition coefficient (Wildman–Crippen LogP) is 2.49. The highest BCUT2D eigenvalue weighted by Gasteiger charge is 2.32. The van der Waals surface area contributed by atoms with E-state index in [9.17, 15) is 22.8 Å². The van der Waals surface area contributed by atoms with Crippen LogP contribution in [0.2, 0.25) is 0 Å². The van der Waals surface area contributed by atoms with Crippen LogP contribution in [-0.2, 0) is 15.8 Å². The minimum absolute atomic E-state index is 0.0321. The molecule has 0 spiro atoms. The molecule has 2 aromatic rings. The van der Waals surface area contributed by atoms with Crippen molar-refractivity contribution in [1.29, 1.82) is 0 Å². The molecule has 2 saturated heterocycles. The van der Waals surface area contributed by atoms with E-state index in [0.29, 0.717) is 32.5 Å². The van der Waals surface area contributed by atoms with Gasteiger partial charge < -0.3 is 15.1 Å². The first kappa shape index (κ1) is 23.9. The normalized spacial score (nSPS) is 18.1. The molecule has 0 atom stereocenters. The summed E-state index contributed by atoms with van der Waals surface area (Å²) in [6, 6.07) is 4.61. The highest BCUT2D eigenvalue weighted by atomic mass is 19.4. The molecule has 0 saturated carbocycles. The minimum Gasteiger partial charge on any atom is -0.353 e. The Labute approximate surface area is 195 Å². The van der Waals surface area contributed by atoms with Crippen LogP contribution >= 0.6 is 0 Å². The van der Waals surface area contributed by atoms with Crippen LogP contribution in [0.3, 0.4) is 0 Å². The number of hydrogen-bond acceptors (Lipinski definition) is 6.